The third-order valence-corrected chi connectivity index (χ3v) is 5.62. The summed E-state index contributed by atoms with van der Waals surface area (Å²) in [6.45, 7) is 0.864. The largest absolute Gasteiger partial charge is 0.315 e. The van der Waals surface area contributed by atoms with E-state index < -0.39 is 0 Å². The van der Waals surface area contributed by atoms with Gasteiger partial charge in [-0.15, -0.1) is 11.3 Å². The van der Waals surface area contributed by atoms with E-state index in [9.17, 15) is 9.59 Å². The molecule has 4 rings (SSSR count). The zero-order chi connectivity index (χ0) is 18.8. The van der Waals surface area contributed by atoms with Crippen molar-refractivity contribution in [2.75, 3.05) is 17.3 Å². The van der Waals surface area contributed by atoms with E-state index in [1.54, 1.807) is 37.5 Å². The van der Waals surface area contributed by atoms with Crippen molar-refractivity contribution < 1.29 is 9.59 Å². The average Bonchev–Trinajstić information content (AvgIpc) is 3.37. The Morgan fingerprint density at radius 2 is 2.04 bits per heavy atom. The van der Waals surface area contributed by atoms with Crippen LogP contribution in [0.4, 0.5) is 11.5 Å². The van der Waals surface area contributed by atoms with Crippen LogP contribution in [-0.2, 0) is 13.0 Å². The number of aromatic nitrogens is 2. The Bertz CT molecular complexity index is 978. The minimum Gasteiger partial charge on any atom is -0.315 e. The molecule has 1 aliphatic rings. The highest BCUT2D eigenvalue weighted by Crippen LogP contribution is 2.25. The van der Waals surface area contributed by atoms with Gasteiger partial charge in [-0.05, 0) is 36.4 Å². The molecule has 0 radical (unpaired) electrons. The van der Waals surface area contributed by atoms with Gasteiger partial charge < -0.3 is 14.8 Å². The fraction of sp³-hybridized carbons (Fsp3) is 0.250. The van der Waals surface area contributed by atoms with E-state index in [0.29, 0.717) is 21.9 Å². The summed E-state index contributed by atoms with van der Waals surface area (Å²) in [4.78, 5) is 32.2. The second kappa shape index (κ2) is 7.36. The quantitative estimate of drug-likeness (QED) is 0.748. The molecule has 0 spiro atoms. The number of rotatable bonds is 4. The Labute approximate surface area is 161 Å². The number of benzene rings is 1. The van der Waals surface area contributed by atoms with Crippen molar-refractivity contribution in [3.05, 3.63) is 64.2 Å². The number of nitrogens with one attached hydrogen (secondary N) is 1. The van der Waals surface area contributed by atoms with Gasteiger partial charge in [-0.3, -0.25) is 9.59 Å². The summed E-state index contributed by atoms with van der Waals surface area (Å²) in [5.41, 5.74) is 1.03. The zero-order valence-electron chi connectivity index (χ0n) is 15.0. The van der Waals surface area contributed by atoms with Gasteiger partial charge in [0, 0.05) is 20.0 Å². The first-order valence-corrected chi connectivity index (χ1v) is 9.79. The number of amides is 2. The summed E-state index contributed by atoms with van der Waals surface area (Å²) >= 11 is 1.38. The molecule has 3 aromatic rings. The number of fused-ring (bicyclic) bond motifs is 1. The molecule has 0 saturated carbocycles. The zero-order valence-corrected chi connectivity index (χ0v) is 15.8. The lowest BCUT2D eigenvalue weighted by Gasteiger charge is -2.20. The molecular weight excluding hydrogens is 360 g/mol. The molecular formula is C20H20N4O2S. The number of nitrogens with zero attached hydrogens (tertiary/aromatic N) is 3. The molecule has 27 heavy (non-hydrogen) atoms. The topological polar surface area (TPSA) is 67.2 Å². The molecule has 0 atom stereocenters. The summed E-state index contributed by atoms with van der Waals surface area (Å²) in [7, 11) is 1.69. The molecule has 138 valence electrons. The fourth-order valence-corrected chi connectivity index (χ4v) is 4.03. The molecule has 3 heterocycles. The lowest BCUT2D eigenvalue weighted by atomic mass is 10.1. The van der Waals surface area contributed by atoms with E-state index in [1.807, 2.05) is 17.5 Å². The minimum absolute atomic E-state index is 0.132. The molecule has 1 aliphatic heterocycles. The Hall–Kier alpha value is -2.93. The van der Waals surface area contributed by atoms with E-state index in [-0.39, 0.29) is 11.8 Å². The van der Waals surface area contributed by atoms with E-state index in [4.69, 9.17) is 0 Å². The van der Waals surface area contributed by atoms with Crippen molar-refractivity contribution in [3.8, 4) is 0 Å². The lowest BCUT2D eigenvalue weighted by Crippen LogP contribution is -2.28. The van der Waals surface area contributed by atoms with Crippen LogP contribution >= 0.6 is 11.3 Å². The number of hydrogen-bond acceptors (Lipinski definition) is 4. The molecule has 0 saturated heterocycles. The number of carbonyl (C=O) groups is 2. The van der Waals surface area contributed by atoms with Crippen LogP contribution in [-0.4, -0.2) is 28.4 Å². The van der Waals surface area contributed by atoms with Crippen molar-refractivity contribution in [2.45, 2.75) is 25.8 Å². The van der Waals surface area contributed by atoms with E-state index >= 15 is 0 Å². The third kappa shape index (κ3) is 3.38. The van der Waals surface area contributed by atoms with Crippen molar-refractivity contribution in [1.29, 1.82) is 0 Å². The van der Waals surface area contributed by atoms with Gasteiger partial charge in [0.2, 0.25) is 0 Å². The summed E-state index contributed by atoms with van der Waals surface area (Å²) in [5.74, 6) is 1.34. The Kier molecular flexibility index (Phi) is 4.77. The number of anilines is 2. The van der Waals surface area contributed by atoms with Crippen LogP contribution in [0.5, 0.6) is 0 Å². The number of carbonyl (C=O) groups excluding carboxylic acids is 2. The van der Waals surface area contributed by atoms with E-state index in [1.165, 1.54) is 16.2 Å². The van der Waals surface area contributed by atoms with Crippen LogP contribution in [0.15, 0.2) is 48.0 Å². The second-order valence-electron chi connectivity index (χ2n) is 6.48. The van der Waals surface area contributed by atoms with Gasteiger partial charge in [-0.2, -0.15) is 0 Å². The maximum absolute atomic E-state index is 12.9. The molecule has 6 nitrogen and oxygen atoms in total. The van der Waals surface area contributed by atoms with Gasteiger partial charge in [0.25, 0.3) is 11.8 Å². The van der Waals surface area contributed by atoms with Crippen molar-refractivity contribution in [1.82, 2.24) is 9.55 Å². The van der Waals surface area contributed by atoms with Crippen LogP contribution in [0.2, 0.25) is 0 Å². The number of para-hydroxylation sites is 1. The monoisotopic (exact) mass is 380 g/mol. The predicted molar refractivity (Wildman–Crippen MR) is 107 cm³/mol. The molecule has 0 aliphatic carbocycles. The molecule has 0 unspecified atom stereocenters. The smallest absolute Gasteiger partial charge is 0.268 e. The summed E-state index contributed by atoms with van der Waals surface area (Å²) in [6.07, 6.45) is 4.86. The van der Waals surface area contributed by atoms with Crippen molar-refractivity contribution >= 4 is 34.7 Å². The maximum atomic E-state index is 12.9. The van der Waals surface area contributed by atoms with E-state index in [2.05, 4.69) is 14.9 Å². The molecule has 1 N–H and O–H groups in total. The highest BCUT2D eigenvalue weighted by Gasteiger charge is 2.22. The minimum atomic E-state index is -0.246. The number of imidazole rings is 1. The average molecular weight is 380 g/mol. The predicted octanol–water partition coefficient (Wildman–Crippen LogP) is 3.81. The molecule has 1 aromatic carbocycles. The molecule has 2 aromatic heterocycles. The Morgan fingerprint density at radius 3 is 2.85 bits per heavy atom. The lowest BCUT2D eigenvalue weighted by molar-refractivity contribution is 0.0996. The Balaban J connectivity index is 1.60. The standard InChI is InChI=1S/C20H20N4O2S/c1-23(20(26)16-9-6-12-27-16)15-8-3-2-7-14(15)19(25)22-18-13-21-17-10-4-5-11-24(17)18/h2-3,6-9,12-13H,4-5,10-11H2,1H3,(H,22,25). The van der Waals surface area contributed by atoms with Crippen LogP contribution < -0.4 is 10.2 Å². The first-order valence-electron chi connectivity index (χ1n) is 8.91. The van der Waals surface area contributed by atoms with Crippen molar-refractivity contribution in [2.24, 2.45) is 0 Å². The normalized spacial score (nSPS) is 13.1. The fourth-order valence-electron chi connectivity index (χ4n) is 3.33. The third-order valence-electron chi connectivity index (χ3n) is 4.76. The van der Waals surface area contributed by atoms with Crippen LogP contribution in [0.3, 0.4) is 0 Å². The SMILES string of the molecule is CN(C(=O)c1cccs1)c1ccccc1C(=O)Nc1cnc2n1CCCC2. The van der Waals surface area contributed by atoms with E-state index in [0.717, 1.165) is 31.6 Å². The maximum Gasteiger partial charge on any atom is 0.268 e. The number of hydrogen-bond donors (Lipinski definition) is 1. The van der Waals surface area contributed by atoms with Gasteiger partial charge >= 0.3 is 0 Å². The van der Waals surface area contributed by atoms with Crippen molar-refractivity contribution in [3.63, 3.8) is 0 Å². The summed E-state index contributed by atoms with van der Waals surface area (Å²) < 4.78 is 2.06. The van der Waals surface area contributed by atoms with Crippen LogP contribution in [0.25, 0.3) is 0 Å². The summed E-state index contributed by atoms with van der Waals surface area (Å²) in [5, 5.41) is 4.83. The van der Waals surface area contributed by atoms with Gasteiger partial charge in [0.05, 0.1) is 22.3 Å². The molecule has 2 amide bonds. The van der Waals surface area contributed by atoms with Gasteiger partial charge in [-0.1, -0.05) is 18.2 Å². The first kappa shape index (κ1) is 17.5. The van der Waals surface area contributed by atoms with Crippen LogP contribution in [0, 0.1) is 0 Å². The second-order valence-corrected chi connectivity index (χ2v) is 7.43. The number of aryl methyl sites for hydroxylation is 1. The summed E-state index contributed by atoms with van der Waals surface area (Å²) in [6, 6.07) is 10.8. The highest BCUT2D eigenvalue weighted by molar-refractivity contribution is 7.12. The molecule has 7 heteroatoms. The first-order chi connectivity index (χ1) is 13.1. The highest BCUT2D eigenvalue weighted by atomic mass is 32.1. The van der Waals surface area contributed by atoms with Gasteiger partial charge in [0.15, 0.2) is 0 Å². The molecule has 0 bridgehead atoms. The Morgan fingerprint density at radius 1 is 1.19 bits per heavy atom. The van der Waals surface area contributed by atoms with Crippen LogP contribution in [0.1, 0.15) is 38.7 Å². The number of thiophene rings is 1. The molecule has 0 fully saturated rings. The van der Waals surface area contributed by atoms with Gasteiger partial charge in [-0.25, -0.2) is 4.98 Å². The van der Waals surface area contributed by atoms with Gasteiger partial charge in [0.1, 0.15) is 11.6 Å².